The topological polar surface area (TPSA) is 51.8 Å². The summed E-state index contributed by atoms with van der Waals surface area (Å²) in [6.45, 7) is 3.63. The molecule has 7 heteroatoms. The predicted molar refractivity (Wildman–Crippen MR) is 189 cm³/mol. The van der Waals surface area contributed by atoms with Crippen LogP contribution in [-0.4, -0.2) is 41.3 Å². The highest BCUT2D eigenvalue weighted by Crippen LogP contribution is 2.23. The van der Waals surface area contributed by atoms with Gasteiger partial charge in [0.25, 0.3) is 0 Å². The maximum Gasteiger partial charge on any atom is 0.330 e. The Labute approximate surface area is 267 Å². The molecule has 222 valence electrons. The van der Waals surface area contributed by atoms with Crippen LogP contribution in [-0.2, 0) is 27.3 Å². The van der Waals surface area contributed by atoms with Crippen LogP contribution in [0.5, 0.6) is 0 Å². The highest BCUT2D eigenvalue weighted by molar-refractivity contribution is 6.47. The Morgan fingerprint density at radius 1 is 0.467 bits per heavy atom. The van der Waals surface area contributed by atoms with Crippen molar-refractivity contribution in [3.8, 4) is 0 Å². The van der Waals surface area contributed by atoms with Gasteiger partial charge >= 0.3 is 15.0 Å². The van der Waals surface area contributed by atoms with E-state index in [0.29, 0.717) is 26.4 Å². The first-order valence-corrected chi connectivity index (χ1v) is 15.4. The van der Waals surface area contributed by atoms with Crippen LogP contribution in [0, 0.1) is 0 Å². The minimum absolute atomic E-state index is 0.522. The van der Waals surface area contributed by atoms with Gasteiger partial charge in [0.2, 0.25) is 0 Å². The molecule has 0 fully saturated rings. The summed E-state index contributed by atoms with van der Waals surface area (Å²) in [5, 5.41) is 11.9. The Morgan fingerprint density at radius 2 is 0.911 bits per heavy atom. The summed E-state index contributed by atoms with van der Waals surface area (Å²) in [6, 6.07) is 45.9. The maximum absolute atomic E-state index is 6.04. The summed E-state index contributed by atoms with van der Waals surface area (Å²) in [4.78, 5) is 0. The predicted octanol–water partition coefficient (Wildman–Crippen LogP) is 6.46. The molecule has 0 unspecified atom stereocenters. The molecule has 0 bridgehead atoms. The fourth-order valence-corrected chi connectivity index (χ4v) is 5.36. The van der Waals surface area contributed by atoms with Gasteiger partial charge in [-0.25, -0.2) is 0 Å². The van der Waals surface area contributed by atoms with Gasteiger partial charge in [0, 0.05) is 48.5 Å². The van der Waals surface area contributed by atoms with E-state index in [9.17, 15) is 0 Å². The molecule has 6 rings (SSSR count). The molecular weight excluding hydrogens is 554 g/mol. The second kappa shape index (κ2) is 16.0. The van der Waals surface area contributed by atoms with Crippen LogP contribution >= 0.6 is 0 Å². The highest BCUT2D eigenvalue weighted by Gasteiger charge is 2.05. The van der Waals surface area contributed by atoms with Crippen molar-refractivity contribution in [2.24, 2.45) is 0 Å². The van der Waals surface area contributed by atoms with Crippen molar-refractivity contribution in [3.63, 3.8) is 0 Å². The highest BCUT2D eigenvalue weighted by atomic mass is 16.5. The van der Waals surface area contributed by atoms with Crippen LogP contribution in [0.25, 0.3) is 21.5 Å². The zero-order chi connectivity index (χ0) is 30.5. The van der Waals surface area contributed by atoms with Gasteiger partial charge in [0.15, 0.2) is 0 Å². The quantitative estimate of drug-likeness (QED) is 0.100. The Kier molecular flexibility index (Phi) is 10.8. The molecule has 0 amide bonds. The van der Waals surface area contributed by atoms with E-state index >= 15 is 0 Å². The molecule has 0 saturated heterocycles. The van der Waals surface area contributed by atoms with Crippen molar-refractivity contribution in [3.05, 3.63) is 145 Å². The number of fused-ring (bicyclic) bond motifs is 2. The summed E-state index contributed by atoms with van der Waals surface area (Å²) in [6.07, 6.45) is 0. The molecule has 6 aromatic carbocycles. The van der Waals surface area contributed by atoms with Crippen molar-refractivity contribution in [1.82, 2.24) is 0 Å². The summed E-state index contributed by atoms with van der Waals surface area (Å²) < 4.78 is 17.7. The van der Waals surface area contributed by atoms with E-state index in [1.807, 2.05) is 39.2 Å². The molecule has 2 N–H and O–H groups in total. The van der Waals surface area contributed by atoms with E-state index in [-0.39, 0.29) is 0 Å². The van der Waals surface area contributed by atoms with Gasteiger partial charge in [-0.2, -0.15) is 0 Å². The number of nitrogens with one attached hydrogen (secondary N) is 2. The van der Waals surface area contributed by atoms with Gasteiger partial charge in [0.1, 0.15) is 0 Å². The first-order valence-electron chi connectivity index (χ1n) is 15.4. The second-order valence-corrected chi connectivity index (χ2v) is 10.9. The monoisotopic (exact) mass is 590 g/mol. The number of ether oxygens (including phenoxy) is 1. The van der Waals surface area contributed by atoms with Crippen molar-refractivity contribution in [2.75, 3.05) is 36.9 Å². The Balaban J connectivity index is 0.882. The van der Waals surface area contributed by atoms with Crippen LogP contribution in [0.2, 0.25) is 0 Å². The number of rotatable bonds is 16. The van der Waals surface area contributed by atoms with Crippen LogP contribution in [0.1, 0.15) is 11.1 Å². The average molecular weight is 590 g/mol. The van der Waals surface area contributed by atoms with E-state index in [1.165, 1.54) is 21.5 Å². The lowest BCUT2D eigenvalue weighted by molar-refractivity contribution is 0.107. The molecule has 0 aliphatic carbocycles. The molecule has 0 saturated carbocycles. The number of hydrogen-bond acceptors (Lipinski definition) is 5. The molecule has 2 radical (unpaired) electrons. The van der Waals surface area contributed by atoms with Gasteiger partial charge in [-0.1, -0.05) is 132 Å². The van der Waals surface area contributed by atoms with E-state index < -0.39 is 0 Å². The molecule has 0 heterocycles. The Bertz CT molecular complexity index is 1690. The molecule has 0 aliphatic heterocycles. The van der Waals surface area contributed by atoms with Crippen LogP contribution in [0.15, 0.2) is 133 Å². The van der Waals surface area contributed by atoms with Crippen LogP contribution in [0.4, 0.5) is 11.4 Å². The summed E-state index contributed by atoms with van der Waals surface area (Å²) in [7, 11) is 3.62. The molecule has 0 atom stereocenters. The smallest absolute Gasteiger partial charge is 0.330 e. The minimum Gasteiger partial charge on any atom is -0.432 e. The van der Waals surface area contributed by atoms with Gasteiger partial charge < -0.3 is 24.7 Å². The number of hydrogen-bond donors (Lipinski definition) is 2. The maximum atomic E-state index is 6.04. The normalized spacial score (nSPS) is 11.0. The fraction of sp³-hybridized carbons (Fsp3) is 0.158. The SMILES string of the molecule is [B](OCCNc1cccc2ccccc12)c1cccc(COCc2cccc([B]OCCNc3cccc4ccccc34)c2)c1. The summed E-state index contributed by atoms with van der Waals surface area (Å²) in [5.41, 5.74) is 6.49. The van der Waals surface area contributed by atoms with Gasteiger partial charge in [-0.15, -0.1) is 0 Å². The van der Waals surface area contributed by atoms with E-state index in [1.54, 1.807) is 0 Å². The summed E-state index contributed by atoms with van der Waals surface area (Å²) in [5.74, 6) is 0. The third kappa shape index (κ3) is 8.77. The average Bonchev–Trinajstić information content (AvgIpc) is 3.08. The molecule has 0 aliphatic rings. The summed E-state index contributed by atoms with van der Waals surface area (Å²) >= 11 is 0. The van der Waals surface area contributed by atoms with Crippen molar-refractivity contribution >= 4 is 58.8 Å². The minimum atomic E-state index is 0.522. The molecule has 5 nitrogen and oxygen atoms in total. The molecule has 0 aromatic heterocycles. The van der Waals surface area contributed by atoms with Gasteiger partial charge in [-0.05, 0) is 34.0 Å². The molecule has 45 heavy (non-hydrogen) atoms. The second-order valence-electron chi connectivity index (χ2n) is 10.9. The molecular formula is C38H36B2N2O3. The zero-order valence-corrected chi connectivity index (χ0v) is 25.3. The first-order chi connectivity index (χ1) is 22.3. The lowest BCUT2D eigenvalue weighted by Crippen LogP contribution is -2.21. The number of benzene rings is 6. The van der Waals surface area contributed by atoms with Crippen LogP contribution in [0.3, 0.4) is 0 Å². The lowest BCUT2D eigenvalue weighted by Gasteiger charge is -2.11. The molecule has 0 spiro atoms. The lowest BCUT2D eigenvalue weighted by atomic mass is 9.87. The van der Waals surface area contributed by atoms with Crippen molar-refractivity contribution < 1.29 is 14.0 Å². The Hall–Kier alpha value is -4.55. The van der Waals surface area contributed by atoms with Crippen molar-refractivity contribution in [1.29, 1.82) is 0 Å². The number of anilines is 2. The van der Waals surface area contributed by atoms with Gasteiger partial charge in [-0.3, -0.25) is 0 Å². The third-order valence-corrected chi connectivity index (χ3v) is 7.53. The standard InChI is InChI=1S/C38H36B2N2O3/c1-3-17-35-31(11-1)13-7-19-37(35)41-21-23-44-39-33-15-5-9-29(25-33)27-43-28-30-10-6-16-34(26-30)40-45-24-22-42-38-20-8-14-32-12-2-4-18-36(32)38/h1-20,25-26,41-42H,21-24,27-28H2. The molecule has 6 aromatic rings. The first kappa shape index (κ1) is 30.5. The fourth-order valence-electron chi connectivity index (χ4n) is 5.36. The zero-order valence-electron chi connectivity index (χ0n) is 25.3. The third-order valence-electron chi connectivity index (χ3n) is 7.53. The van der Waals surface area contributed by atoms with E-state index in [4.69, 9.17) is 14.0 Å². The van der Waals surface area contributed by atoms with Crippen LogP contribution < -0.4 is 21.6 Å². The Morgan fingerprint density at radius 3 is 1.42 bits per heavy atom. The van der Waals surface area contributed by atoms with E-state index in [2.05, 4.69) is 120 Å². The van der Waals surface area contributed by atoms with E-state index in [0.717, 1.165) is 46.5 Å². The van der Waals surface area contributed by atoms with Gasteiger partial charge in [0.05, 0.1) is 13.2 Å². The van der Waals surface area contributed by atoms with Crippen molar-refractivity contribution in [2.45, 2.75) is 13.2 Å². The largest absolute Gasteiger partial charge is 0.432 e.